The molecule has 6 heterocycles. The number of aromatic nitrogens is 6. The van der Waals surface area contributed by atoms with E-state index >= 15 is 0 Å². The van der Waals surface area contributed by atoms with Crippen molar-refractivity contribution in [3.8, 4) is 34.2 Å². The van der Waals surface area contributed by atoms with Gasteiger partial charge < -0.3 is 9.47 Å². The summed E-state index contributed by atoms with van der Waals surface area (Å²) in [6.45, 7) is 4.08. The molecule has 0 fully saturated rings. The Morgan fingerprint density at radius 3 is 0.836 bits per heavy atom. The van der Waals surface area contributed by atoms with Gasteiger partial charge in [-0.05, 0) is 86.6 Å². The van der Waals surface area contributed by atoms with Crippen molar-refractivity contribution in [1.82, 2.24) is 29.9 Å². The summed E-state index contributed by atoms with van der Waals surface area (Å²) in [5.74, 6) is -0.847. The van der Waals surface area contributed by atoms with Crippen LogP contribution < -0.4 is 0 Å². The summed E-state index contributed by atoms with van der Waals surface area (Å²) < 4.78 is 128. The molecule has 0 radical (unpaired) electrons. The maximum Gasteiger partial charge on any atom is 2.00 e. The first-order valence-corrected chi connectivity index (χ1v) is 20.6. The molecule has 0 unspecified atom stereocenters. The first-order valence-electron chi connectivity index (χ1n) is 16.5. The normalized spacial score (nSPS) is 12.8. The number of hydrogen-bond donors (Lipinski definition) is 0. The minimum atomic E-state index is -10.7. The molecule has 0 N–H and O–H groups in total. The van der Waals surface area contributed by atoms with Crippen molar-refractivity contribution in [2.45, 2.75) is 13.8 Å². The summed E-state index contributed by atoms with van der Waals surface area (Å²) in [4.78, 5) is 48.6. The van der Waals surface area contributed by atoms with Crippen molar-refractivity contribution < 1.29 is 88.9 Å². The number of pyridine rings is 6. The Morgan fingerprint density at radius 1 is 0.410 bits per heavy atom. The molecule has 6 rings (SSSR count). The zero-order chi connectivity index (χ0) is 45.2. The molecule has 6 aromatic heterocycles. The molecule has 332 valence electrons. The molecule has 6 aromatic rings. The van der Waals surface area contributed by atoms with Crippen LogP contribution in [0.5, 0.6) is 0 Å². The second kappa shape index (κ2) is 20.8. The van der Waals surface area contributed by atoms with Crippen LogP contribution >= 0.6 is 15.6 Å². The van der Waals surface area contributed by atoms with Gasteiger partial charge in [0.15, 0.2) is 0 Å². The van der Waals surface area contributed by atoms with Crippen LogP contribution in [-0.2, 0) is 29.0 Å². The Balaban J connectivity index is 0.000000409. The average Bonchev–Trinajstić information content (AvgIpc) is 3.18. The summed E-state index contributed by atoms with van der Waals surface area (Å²) in [5, 5.41) is 0. The van der Waals surface area contributed by atoms with Crippen molar-refractivity contribution in [2.24, 2.45) is 0 Å². The molecule has 61 heavy (non-hydrogen) atoms. The zero-order valence-corrected chi connectivity index (χ0v) is 34.7. The molecule has 0 bridgehead atoms. The third kappa shape index (κ3) is 28.6. The van der Waals surface area contributed by atoms with Gasteiger partial charge in [-0.15, -0.1) is 0 Å². The van der Waals surface area contributed by atoms with E-state index in [1.165, 1.54) is 12.4 Å². The fourth-order valence-corrected chi connectivity index (χ4v) is 3.88. The summed E-state index contributed by atoms with van der Waals surface area (Å²) in [6, 6.07) is 29.5. The molecule has 25 heteroatoms. The summed E-state index contributed by atoms with van der Waals surface area (Å²) in [6.07, 6.45) is 10.1. The zero-order valence-electron chi connectivity index (χ0n) is 31.2. The van der Waals surface area contributed by atoms with Crippen LogP contribution in [0.25, 0.3) is 34.2 Å². The van der Waals surface area contributed by atoms with E-state index in [0.29, 0.717) is 35.7 Å². The number of carbonyl (C=O) groups excluding carboxylic acids is 2. The van der Waals surface area contributed by atoms with Crippen molar-refractivity contribution in [3.05, 3.63) is 145 Å². The number of esters is 2. The molecule has 0 aliphatic rings. The van der Waals surface area contributed by atoms with Gasteiger partial charge in [-0.3, -0.25) is 29.9 Å². The maximum atomic E-state index is 11.7. The molecule has 10 nitrogen and oxygen atoms in total. The molecule has 0 saturated carbocycles. The van der Waals surface area contributed by atoms with Crippen molar-refractivity contribution in [2.75, 3.05) is 13.2 Å². The smallest absolute Gasteiger partial charge is 0.255 e. The van der Waals surface area contributed by atoms with Crippen LogP contribution in [0, 0.1) is 0 Å². The third-order valence-electron chi connectivity index (χ3n) is 5.99. The summed E-state index contributed by atoms with van der Waals surface area (Å²) in [5.41, 5.74) is 5.39. The largest absolute Gasteiger partial charge is 2.00 e. The SMILES string of the molecule is CCOC(=O)c1ccnc(-c2cc(C(=O)OCC)ccn2)c1.F[P-](F)(F)(F)(F)F.F[P-](F)(F)(F)(F)F.[Ru+2].c1ccc(-c2ccccn2)nc1.c1ccc(-c2ccccn2)nc1. The van der Waals surface area contributed by atoms with Crippen molar-refractivity contribution >= 4 is 27.6 Å². The van der Waals surface area contributed by atoms with Gasteiger partial charge >= 0.3 is 97.4 Å². The monoisotopic (exact) mass is 1000 g/mol. The molecule has 0 atom stereocenters. The van der Waals surface area contributed by atoms with Gasteiger partial charge in [0, 0.05) is 37.2 Å². The standard InChI is InChI=1S/C16H16N2O4.2C10H8N2.2F6P.Ru/c1-3-21-15(19)11-5-7-17-13(9-11)14-10-12(6-8-18-14)16(20)22-4-2;2*1-3-7-11-9(5-1)10-6-2-4-8-12-10;2*1-7(2,3,4,5)6;/h5-10H,3-4H2,1-2H3;2*1-8H;;;/q;;;2*-1;+2. The first kappa shape index (κ1) is 53.5. The number of hydrogen-bond acceptors (Lipinski definition) is 10. The summed E-state index contributed by atoms with van der Waals surface area (Å²) >= 11 is 0. The van der Waals surface area contributed by atoms with Gasteiger partial charge in [-0.25, -0.2) is 9.59 Å². The second-order valence-corrected chi connectivity index (χ2v) is 14.9. The maximum absolute atomic E-state index is 11.7. The Labute approximate surface area is 352 Å². The number of carbonyl (C=O) groups is 2. The minimum absolute atomic E-state index is 0. The Morgan fingerprint density at radius 2 is 0.639 bits per heavy atom. The third-order valence-corrected chi connectivity index (χ3v) is 5.99. The fraction of sp³-hybridized carbons (Fsp3) is 0.111. The van der Waals surface area contributed by atoms with Gasteiger partial charge in [0.25, 0.3) is 0 Å². The second-order valence-electron chi connectivity index (χ2n) is 11.1. The molecule has 0 amide bonds. The van der Waals surface area contributed by atoms with Gasteiger partial charge in [-0.2, -0.15) is 0 Å². The van der Waals surface area contributed by atoms with Crippen molar-refractivity contribution in [3.63, 3.8) is 0 Å². The van der Waals surface area contributed by atoms with Crippen LogP contribution in [0.4, 0.5) is 50.4 Å². The molecular formula is C36H32F12N6O4P2Ru. The van der Waals surface area contributed by atoms with E-state index in [4.69, 9.17) is 9.47 Å². The van der Waals surface area contributed by atoms with Gasteiger partial charge in [-0.1, -0.05) is 24.3 Å². The number of ether oxygens (including phenoxy) is 2. The topological polar surface area (TPSA) is 130 Å². The molecule has 0 aromatic carbocycles. The van der Waals surface area contributed by atoms with E-state index in [0.717, 1.165) is 22.8 Å². The molecular weight excluding hydrogens is 971 g/mol. The Bertz CT molecular complexity index is 2020. The van der Waals surface area contributed by atoms with E-state index < -0.39 is 27.6 Å². The number of halogens is 12. The minimum Gasteiger partial charge on any atom is -0.255 e. The quantitative estimate of drug-likeness (QED) is 0.0659. The van der Waals surface area contributed by atoms with Gasteiger partial charge in [0.1, 0.15) is 0 Å². The Hall–Kier alpha value is -5.52. The van der Waals surface area contributed by atoms with Crippen LogP contribution in [0.2, 0.25) is 0 Å². The molecule has 0 aliphatic heterocycles. The van der Waals surface area contributed by atoms with Crippen LogP contribution in [-0.4, -0.2) is 55.1 Å². The number of rotatable bonds is 7. The molecule has 0 spiro atoms. The first-order chi connectivity index (χ1) is 27.5. The van der Waals surface area contributed by atoms with Gasteiger partial charge in [0.05, 0.1) is 58.5 Å². The predicted molar refractivity (Wildman–Crippen MR) is 201 cm³/mol. The average molecular weight is 1000 g/mol. The predicted octanol–water partition coefficient (Wildman–Crippen LogP) is 13.5. The van der Waals surface area contributed by atoms with E-state index in [1.54, 1.807) is 62.9 Å². The van der Waals surface area contributed by atoms with Crippen LogP contribution in [0.1, 0.15) is 34.6 Å². The van der Waals surface area contributed by atoms with Gasteiger partial charge in [0.2, 0.25) is 0 Å². The van der Waals surface area contributed by atoms with E-state index in [1.807, 2.05) is 72.8 Å². The van der Waals surface area contributed by atoms with E-state index in [2.05, 4.69) is 29.9 Å². The van der Waals surface area contributed by atoms with Crippen LogP contribution in [0.3, 0.4) is 0 Å². The number of nitrogens with zero attached hydrogens (tertiary/aromatic N) is 6. The Kier molecular flexibility index (Phi) is 18.3. The molecule has 0 aliphatic carbocycles. The molecule has 0 saturated heterocycles. The van der Waals surface area contributed by atoms with Crippen LogP contribution in [0.15, 0.2) is 134 Å². The van der Waals surface area contributed by atoms with E-state index in [-0.39, 0.29) is 19.5 Å². The van der Waals surface area contributed by atoms with E-state index in [9.17, 15) is 60.0 Å². The summed E-state index contributed by atoms with van der Waals surface area (Å²) in [7, 11) is -21.3. The van der Waals surface area contributed by atoms with Crippen molar-refractivity contribution in [1.29, 1.82) is 0 Å². The fourth-order valence-electron chi connectivity index (χ4n) is 3.88.